The highest BCUT2D eigenvalue weighted by Crippen LogP contribution is 2.39. The minimum Gasteiger partial charge on any atom is -0.204 e. The summed E-state index contributed by atoms with van der Waals surface area (Å²) in [6.45, 7) is 3.91. The Kier molecular flexibility index (Phi) is 3.80. The van der Waals surface area contributed by atoms with Crippen molar-refractivity contribution in [1.29, 1.82) is 0 Å². The molecule has 0 N–H and O–H groups in total. The van der Waals surface area contributed by atoms with Gasteiger partial charge in [0.25, 0.3) is 0 Å². The first-order valence-electron chi connectivity index (χ1n) is 6.58. The summed E-state index contributed by atoms with van der Waals surface area (Å²) in [5.41, 5.74) is 1.52. The van der Waals surface area contributed by atoms with Crippen LogP contribution in [-0.4, -0.2) is 0 Å². The standard InChI is InChI=1S/C15H20F2/c1-3-11-5-4-6-12(9-11)13-7-8-14(16)15(17)10(13)2/h7-8,11-12H,3-6,9H2,1-2H3. The van der Waals surface area contributed by atoms with Crippen molar-refractivity contribution < 1.29 is 8.78 Å². The number of hydrogen-bond acceptors (Lipinski definition) is 0. The molecule has 1 aliphatic carbocycles. The monoisotopic (exact) mass is 238 g/mol. The van der Waals surface area contributed by atoms with E-state index in [-0.39, 0.29) is 0 Å². The van der Waals surface area contributed by atoms with E-state index in [1.54, 1.807) is 13.0 Å². The number of rotatable bonds is 2. The molecule has 2 unspecified atom stereocenters. The Bertz CT molecular complexity index is 398. The van der Waals surface area contributed by atoms with E-state index in [2.05, 4.69) is 6.92 Å². The molecule has 1 aromatic carbocycles. The largest absolute Gasteiger partial charge is 0.204 e. The normalized spacial score (nSPS) is 24.9. The maximum Gasteiger partial charge on any atom is 0.162 e. The molecule has 94 valence electrons. The molecule has 0 radical (unpaired) electrons. The lowest BCUT2D eigenvalue weighted by molar-refractivity contribution is 0.313. The Labute approximate surface area is 102 Å². The van der Waals surface area contributed by atoms with Crippen molar-refractivity contribution in [3.63, 3.8) is 0 Å². The number of halogens is 2. The van der Waals surface area contributed by atoms with E-state index < -0.39 is 11.6 Å². The second-order valence-electron chi connectivity index (χ2n) is 5.21. The van der Waals surface area contributed by atoms with E-state index in [1.165, 1.54) is 25.3 Å². The fourth-order valence-corrected chi connectivity index (χ4v) is 3.05. The molecule has 0 aliphatic heterocycles. The van der Waals surface area contributed by atoms with Crippen molar-refractivity contribution in [2.24, 2.45) is 5.92 Å². The third-order valence-electron chi connectivity index (χ3n) is 4.18. The first-order chi connectivity index (χ1) is 8.13. The van der Waals surface area contributed by atoms with E-state index in [1.807, 2.05) is 0 Å². The Morgan fingerprint density at radius 1 is 1.24 bits per heavy atom. The van der Waals surface area contributed by atoms with Gasteiger partial charge in [0.2, 0.25) is 0 Å². The summed E-state index contributed by atoms with van der Waals surface area (Å²) in [7, 11) is 0. The minimum absolute atomic E-state index is 0.420. The number of benzene rings is 1. The molecule has 1 aromatic rings. The van der Waals surface area contributed by atoms with Crippen LogP contribution in [0, 0.1) is 24.5 Å². The van der Waals surface area contributed by atoms with Gasteiger partial charge in [0.15, 0.2) is 11.6 Å². The zero-order valence-electron chi connectivity index (χ0n) is 10.6. The summed E-state index contributed by atoms with van der Waals surface area (Å²) in [5, 5.41) is 0. The van der Waals surface area contributed by atoms with Crippen molar-refractivity contribution in [3.05, 3.63) is 34.9 Å². The Morgan fingerprint density at radius 2 is 2.00 bits per heavy atom. The average molecular weight is 238 g/mol. The van der Waals surface area contributed by atoms with Crippen LogP contribution >= 0.6 is 0 Å². The van der Waals surface area contributed by atoms with Gasteiger partial charge >= 0.3 is 0 Å². The van der Waals surface area contributed by atoms with Gasteiger partial charge in [-0.3, -0.25) is 0 Å². The third kappa shape index (κ3) is 2.51. The molecule has 0 heterocycles. The smallest absolute Gasteiger partial charge is 0.162 e. The SMILES string of the molecule is CCC1CCCC(c2ccc(F)c(F)c2C)C1. The van der Waals surface area contributed by atoms with Gasteiger partial charge in [-0.15, -0.1) is 0 Å². The molecule has 1 saturated carbocycles. The lowest BCUT2D eigenvalue weighted by atomic mass is 9.76. The zero-order chi connectivity index (χ0) is 12.4. The third-order valence-corrected chi connectivity index (χ3v) is 4.18. The van der Waals surface area contributed by atoms with Crippen LogP contribution in [0.25, 0.3) is 0 Å². The molecule has 17 heavy (non-hydrogen) atoms. The van der Waals surface area contributed by atoms with Crippen LogP contribution in [0.5, 0.6) is 0 Å². The van der Waals surface area contributed by atoms with E-state index in [0.717, 1.165) is 24.3 Å². The summed E-state index contributed by atoms with van der Waals surface area (Å²) in [6, 6.07) is 3.05. The van der Waals surface area contributed by atoms with Crippen molar-refractivity contribution in [1.82, 2.24) is 0 Å². The topological polar surface area (TPSA) is 0 Å². The lowest BCUT2D eigenvalue weighted by Gasteiger charge is -2.29. The fourth-order valence-electron chi connectivity index (χ4n) is 3.05. The van der Waals surface area contributed by atoms with Crippen LogP contribution < -0.4 is 0 Å². The molecule has 0 nitrogen and oxygen atoms in total. The molecular formula is C15H20F2. The highest BCUT2D eigenvalue weighted by atomic mass is 19.2. The molecule has 0 aromatic heterocycles. The molecular weight excluding hydrogens is 218 g/mol. The van der Waals surface area contributed by atoms with Crippen molar-refractivity contribution in [2.45, 2.75) is 51.9 Å². The molecule has 0 amide bonds. The first kappa shape index (κ1) is 12.5. The Balaban J connectivity index is 2.25. The first-order valence-corrected chi connectivity index (χ1v) is 6.58. The van der Waals surface area contributed by atoms with Gasteiger partial charge in [-0.2, -0.15) is 0 Å². The second kappa shape index (κ2) is 5.16. The molecule has 2 rings (SSSR count). The Hall–Kier alpha value is -0.920. The van der Waals surface area contributed by atoms with E-state index >= 15 is 0 Å². The van der Waals surface area contributed by atoms with E-state index in [0.29, 0.717) is 11.5 Å². The van der Waals surface area contributed by atoms with E-state index in [4.69, 9.17) is 0 Å². The average Bonchev–Trinajstić information content (AvgIpc) is 2.36. The summed E-state index contributed by atoms with van der Waals surface area (Å²) in [4.78, 5) is 0. The molecule has 1 aliphatic rings. The lowest BCUT2D eigenvalue weighted by Crippen LogP contribution is -2.15. The summed E-state index contributed by atoms with van der Waals surface area (Å²) in [5.74, 6) is -0.222. The van der Waals surface area contributed by atoms with Gasteiger partial charge in [0.1, 0.15) is 0 Å². The van der Waals surface area contributed by atoms with Crippen LogP contribution in [-0.2, 0) is 0 Å². The second-order valence-corrected chi connectivity index (χ2v) is 5.21. The molecule has 0 spiro atoms. The summed E-state index contributed by atoms with van der Waals surface area (Å²) < 4.78 is 26.6. The van der Waals surface area contributed by atoms with Gasteiger partial charge in [-0.05, 0) is 48.8 Å². The highest BCUT2D eigenvalue weighted by Gasteiger charge is 2.24. The van der Waals surface area contributed by atoms with E-state index in [9.17, 15) is 8.78 Å². The van der Waals surface area contributed by atoms with Gasteiger partial charge < -0.3 is 0 Å². The predicted molar refractivity (Wildman–Crippen MR) is 66.1 cm³/mol. The quantitative estimate of drug-likeness (QED) is 0.683. The molecule has 2 atom stereocenters. The fraction of sp³-hybridized carbons (Fsp3) is 0.600. The maximum absolute atomic E-state index is 13.6. The van der Waals surface area contributed by atoms with Gasteiger partial charge in [-0.1, -0.05) is 32.3 Å². The molecule has 0 saturated heterocycles. The maximum atomic E-state index is 13.6. The van der Waals surface area contributed by atoms with Crippen LogP contribution in [0.15, 0.2) is 12.1 Å². The minimum atomic E-state index is -0.728. The molecule has 1 fully saturated rings. The molecule has 2 heteroatoms. The van der Waals surface area contributed by atoms with Gasteiger partial charge in [0.05, 0.1) is 0 Å². The van der Waals surface area contributed by atoms with Crippen LogP contribution in [0.1, 0.15) is 56.1 Å². The predicted octanol–water partition coefficient (Wildman–Crippen LogP) is 4.96. The van der Waals surface area contributed by atoms with Crippen molar-refractivity contribution >= 4 is 0 Å². The van der Waals surface area contributed by atoms with Crippen molar-refractivity contribution in [2.75, 3.05) is 0 Å². The van der Waals surface area contributed by atoms with Crippen LogP contribution in [0.4, 0.5) is 8.78 Å². The summed E-state index contributed by atoms with van der Waals surface area (Å²) >= 11 is 0. The summed E-state index contributed by atoms with van der Waals surface area (Å²) in [6.07, 6.45) is 5.93. The number of hydrogen-bond donors (Lipinski definition) is 0. The van der Waals surface area contributed by atoms with Crippen LogP contribution in [0.2, 0.25) is 0 Å². The van der Waals surface area contributed by atoms with Crippen LogP contribution in [0.3, 0.4) is 0 Å². The van der Waals surface area contributed by atoms with Gasteiger partial charge in [-0.25, -0.2) is 8.78 Å². The zero-order valence-corrected chi connectivity index (χ0v) is 10.6. The van der Waals surface area contributed by atoms with Gasteiger partial charge in [0, 0.05) is 0 Å². The molecule has 0 bridgehead atoms. The van der Waals surface area contributed by atoms with Crippen molar-refractivity contribution in [3.8, 4) is 0 Å². The Morgan fingerprint density at radius 3 is 2.71 bits per heavy atom. The highest BCUT2D eigenvalue weighted by molar-refractivity contribution is 5.31.